The van der Waals surface area contributed by atoms with E-state index in [9.17, 15) is 8.42 Å². The first kappa shape index (κ1) is 18.4. The molecule has 0 bridgehead atoms. The van der Waals surface area contributed by atoms with E-state index in [1.807, 2.05) is 13.8 Å². The third-order valence-electron chi connectivity index (χ3n) is 2.86. The zero-order valence-corrected chi connectivity index (χ0v) is 14.8. The Morgan fingerprint density at radius 2 is 1.95 bits per heavy atom. The van der Waals surface area contributed by atoms with Crippen LogP contribution in [-0.2, 0) is 16.6 Å². The monoisotopic (exact) mass is 331 g/mol. The van der Waals surface area contributed by atoms with Gasteiger partial charge in [-0.15, -0.1) is 0 Å². The molecule has 9 heteroatoms. The van der Waals surface area contributed by atoms with Crippen LogP contribution >= 0.6 is 0 Å². The van der Waals surface area contributed by atoms with Gasteiger partial charge in [0.25, 0.3) is 0 Å². The maximum absolute atomic E-state index is 11.3. The van der Waals surface area contributed by atoms with Gasteiger partial charge < -0.3 is 15.1 Å². The van der Waals surface area contributed by atoms with Crippen LogP contribution in [0.15, 0.2) is 9.41 Å². The lowest BCUT2D eigenvalue weighted by Crippen LogP contribution is -2.52. The molecule has 0 atom stereocenters. The van der Waals surface area contributed by atoms with Crippen LogP contribution in [0.3, 0.4) is 0 Å². The number of sulfonamides is 1. The van der Waals surface area contributed by atoms with E-state index in [0.29, 0.717) is 24.9 Å². The summed E-state index contributed by atoms with van der Waals surface area (Å²) in [5.74, 6) is 1.90. The number of hydrogen-bond donors (Lipinski definition) is 3. The van der Waals surface area contributed by atoms with Gasteiger partial charge in [-0.2, -0.15) is 0 Å². The Morgan fingerprint density at radius 1 is 1.32 bits per heavy atom. The highest BCUT2D eigenvalue weighted by Crippen LogP contribution is 2.07. The Labute approximate surface area is 131 Å². The normalized spacial score (nSPS) is 13.3. The molecule has 3 N–H and O–H groups in total. The summed E-state index contributed by atoms with van der Waals surface area (Å²) in [5, 5.41) is 6.13. The zero-order valence-electron chi connectivity index (χ0n) is 13.9. The first-order valence-corrected chi connectivity index (χ1v) is 8.78. The van der Waals surface area contributed by atoms with Gasteiger partial charge in [0.2, 0.25) is 15.9 Å². The molecule has 0 aliphatic heterocycles. The fourth-order valence-corrected chi connectivity index (χ4v) is 2.91. The lowest BCUT2D eigenvalue weighted by atomic mass is 10.1. The van der Waals surface area contributed by atoms with Crippen molar-refractivity contribution >= 4 is 16.0 Å². The number of aryl methyl sites for hydroxylation is 2. The van der Waals surface area contributed by atoms with Gasteiger partial charge in [-0.3, -0.25) is 4.99 Å². The van der Waals surface area contributed by atoms with Crippen molar-refractivity contribution < 1.29 is 12.8 Å². The Morgan fingerprint density at radius 3 is 2.41 bits per heavy atom. The van der Waals surface area contributed by atoms with Crippen molar-refractivity contribution in [2.75, 3.05) is 19.8 Å². The summed E-state index contributed by atoms with van der Waals surface area (Å²) in [4.78, 5) is 8.35. The Balaban J connectivity index is 2.52. The van der Waals surface area contributed by atoms with Gasteiger partial charge in [0.15, 0.2) is 5.96 Å². The quantitative estimate of drug-likeness (QED) is 0.510. The van der Waals surface area contributed by atoms with Crippen molar-refractivity contribution in [3.8, 4) is 0 Å². The summed E-state index contributed by atoms with van der Waals surface area (Å²) in [6.07, 6.45) is 1.13. The van der Waals surface area contributed by atoms with Crippen molar-refractivity contribution in [3.63, 3.8) is 0 Å². The van der Waals surface area contributed by atoms with Crippen molar-refractivity contribution in [2.45, 2.75) is 39.8 Å². The van der Waals surface area contributed by atoms with E-state index in [1.165, 1.54) is 0 Å². The van der Waals surface area contributed by atoms with Crippen molar-refractivity contribution in [3.05, 3.63) is 17.3 Å². The van der Waals surface area contributed by atoms with Crippen LogP contribution in [-0.4, -0.2) is 44.7 Å². The third kappa shape index (κ3) is 6.44. The number of oxazole rings is 1. The molecule has 0 fully saturated rings. The van der Waals surface area contributed by atoms with E-state index in [0.717, 1.165) is 17.7 Å². The molecule has 0 radical (unpaired) electrons. The minimum Gasteiger partial charge on any atom is -0.444 e. The number of aromatic nitrogens is 1. The highest BCUT2D eigenvalue weighted by atomic mass is 32.2. The molecule has 0 aliphatic rings. The highest BCUT2D eigenvalue weighted by molar-refractivity contribution is 7.88. The van der Waals surface area contributed by atoms with Gasteiger partial charge in [0.1, 0.15) is 5.76 Å². The molecule has 0 saturated heterocycles. The smallest absolute Gasteiger partial charge is 0.214 e. The van der Waals surface area contributed by atoms with Crippen LogP contribution in [0.5, 0.6) is 0 Å². The number of aliphatic imine (C=N–C) groups is 1. The second kappa shape index (κ2) is 7.10. The summed E-state index contributed by atoms with van der Waals surface area (Å²) in [6, 6.07) is 0. The average Bonchev–Trinajstić information content (AvgIpc) is 2.66. The molecule has 8 nitrogen and oxygen atoms in total. The van der Waals surface area contributed by atoms with E-state index in [1.54, 1.807) is 20.9 Å². The fraction of sp³-hybridized carbons (Fsp3) is 0.692. The molecule has 1 aromatic heterocycles. The summed E-state index contributed by atoms with van der Waals surface area (Å²) in [6.45, 7) is 8.09. The molecular weight excluding hydrogens is 306 g/mol. The average molecular weight is 331 g/mol. The molecule has 0 saturated carbocycles. The molecule has 22 heavy (non-hydrogen) atoms. The van der Waals surface area contributed by atoms with Gasteiger partial charge in [0, 0.05) is 19.1 Å². The maximum atomic E-state index is 11.3. The second-order valence-corrected chi connectivity index (χ2v) is 7.54. The number of nitrogens with zero attached hydrogens (tertiary/aromatic N) is 2. The highest BCUT2D eigenvalue weighted by Gasteiger charge is 2.22. The largest absolute Gasteiger partial charge is 0.444 e. The summed E-state index contributed by atoms with van der Waals surface area (Å²) >= 11 is 0. The van der Waals surface area contributed by atoms with Gasteiger partial charge in [-0.05, 0) is 27.7 Å². The summed E-state index contributed by atoms with van der Waals surface area (Å²) in [5.41, 5.74) is 0.222. The molecule has 0 spiro atoms. The van der Waals surface area contributed by atoms with E-state index in [2.05, 4.69) is 25.3 Å². The Hall–Kier alpha value is -1.61. The Kier molecular flexibility index (Phi) is 5.95. The molecular formula is C13H25N5O3S. The van der Waals surface area contributed by atoms with E-state index < -0.39 is 15.6 Å². The maximum Gasteiger partial charge on any atom is 0.214 e. The lowest BCUT2D eigenvalue weighted by molar-refractivity contribution is 0.443. The van der Waals surface area contributed by atoms with E-state index in [-0.39, 0.29) is 0 Å². The van der Waals surface area contributed by atoms with Gasteiger partial charge >= 0.3 is 0 Å². The number of rotatable bonds is 6. The first-order valence-electron chi connectivity index (χ1n) is 6.89. The summed E-state index contributed by atoms with van der Waals surface area (Å²) in [7, 11) is -1.63. The predicted molar refractivity (Wildman–Crippen MR) is 86.2 cm³/mol. The standard InChI is InChI=1S/C13H25N5O3S/c1-9-10(2)21-11(17-9)7-15-12(14-5)16-8-13(3,4)18-22(6,19)20/h18H,7-8H2,1-6H3,(H2,14,15,16). The fourth-order valence-electron chi connectivity index (χ4n) is 1.84. The van der Waals surface area contributed by atoms with Crippen LogP contribution in [0.2, 0.25) is 0 Å². The molecule has 0 aliphatic carbocycles. The molecule has 1 aromatic rings. The molecule has 0 aromatic carbocycles. The minimum absolute atomic E-state index is 0.378. The first-order chi connectivity index (χ1) is 10.0. The summed E-state index contributed by atoms with van der Waals surface area (Å²) < 4.78 is 30.6. The van der Waals surface area contributed by atoms with Gasteiger partial charge in [-0.25, -0.2) is 18.1 Å². The Bertz CT molecular complexity index is 615. The molecule has 0 unspecified atom stereocenters. The SMILES string of the molecule is CN=C(NCc1nc(C)c(C)o1)NCC(C)(C)NS(C)(=O)=O. The molecule has 1 heterocycles. The van der Waals surface area contributed by atoms with Gasteiger partial charge in [-0.1, -0.05) is 0 Å². The second-order valence-electron chi connectivity index (χ2n) is 5.79. The molecule has 1 rings (SSSR count). The van der Waals surface area contributed by atoms with E-state index >= 15 is 0 Å². The van der Waals surface area contributed by atoms with Crippen LogP contribution in [0.4, 0.5) is 0 Å². The molecule has 126 valence electrons. The van der Waals surface area contributed by atoms with Crippen LogP contribution in [0, 0.1) is 13.8 Å². The van der Waals surface area contributed by atoms with E-state index in [4.69, 9.17) is 4.42 Å². The van der Waals surface area contributed by atoms with Crippen LogP contribution < -0.4 is 15.4 Å². The van der Waals surface area contributed by atoms with Crippen molar-refractivity contribution in [1.29, 1.82) is 0 Å². The zero-order chi connectivity index (χ0) is 17.0. The topological polar surface area (TPSA) is 109 Å². The lowest BCUT2D eigenvalue weighted by Gasteiger charge is -2.26. The van der Waals surface area contributed by atoms with Gasteiger partial charge in [0.05, 0.1) is 18.5 Å². The van der Waals surface area contributed by atoms with Crippen LogP contribution in [0.25, 0.3) is 0 Å². The number of hydrogen-bond acceptors (Lipinski definition) is 5. The number of guanidine groups is 1. The number of nitrogens with one attached hydrogen (secondary N) is 3. The molecule has 0 amide bonds. The van der Waals surface area contributed by atoms with Crippen LogP contribution in [0.1, 0.15) is 31.2 Å². The van der Waals surface area contributed by atoms with Crippen molar-refractivity contribution in [2.24, 2.45) is 4.99 Å². The third-order valence-corrected chi connectivity index (χ3v) is 3.79. The van der Waals surface area contributed by atoms with Crippen molar-refractivity contribution in [1.82, 2.24) is 20.3 Å². The minimum atomic E-state index is -3.27. The predicted octanol–water partition coefficient (Wildman–Crippen LogP) is 0.284.